The number of allylic oxidation sites excluding steroid dienone is 2. The van der Waals surface area contributed by atoms with E-state index < -0.39 is 0 Å². The van der Waals surface area contributed by atoms with Gasteiger partial charge in [0, 0.05) is 0 Å². The minimum atomic E-state index is 0.393. The van der Waals surface area contributed by atoms with Crippen molar-refractivity contribution in [2.24, 2.45) is 5.41 Å². The summed E-state index contributed by atoms with van der Waals surface area (Å²) in [4.78, 5) is 0. The van der Waals surface area contributed by atoms with Crippen LogP contribution in [0.3, 0.4) is 0 Å². The summed E-state index contributed by atoms with van der Waals surface area (Å²) in [6, 6.07) is 0. The molecule has 0 saturated heterocycles. The first-order chi connectivity index (χ1) is 5.12. The standard InChI is InChI=1S/C11H21/c1-5-7-8-10-11(3,4)9-6-2/h8,10H,1,5-7,9H2,2-4H3. The van der Waals surface area contributed by atoms with E-state index in [1.54, 1.807) is 0 Å². The zero-order valence-corrected chi connectivity index (χ0v) is 8.19. The molecule has 0 rings (SSSR count). The van der Waals surface area contributed by atoms with Crippen LogP contribution in [-0.4, -0.2) is 0 Å². The van der Waals surface area contributed by atoms with Crippen LogP contribution in [0.5, 0.6) is 0 Å². The number of hydrogen-bond acceptors (Lipinski definition) is 0. The third kappa shape index (κ3) is 6.15. The molecule has 0 aliphatic carbocycles. The molecule has 0 fully saturated rings. The van der Waals surface area contributed by atoms with Crippen molar-refractivity contribution in [3.05, 3.63) is 19.1 Å². The van der Waals surface area contributed by atoms with Gasteiger partial charge in [-0.2, -0.15) is 0 Å². The lowest BCUT2D eigenvalue weighted by atomic mass is 9.87. The molecule has 0 amide bonds. The minimum absolute atomic E-state index is 0.393. The molecule has 1 radical (unpaired) electrons. The van der Waals surface area contributed by atoms with E-state index >= 15 is 0 Å². The third-order valence-corrected chi connectivity index (χ3v) is 1.83. The Labute approximate surface area is 71.7 Å². The normalized spacial score (nSPS) is 12.7. The van der Waals surface area contributed by atoms with Crippen molar-refractivity contribution in [3.63, 3.8) is 0 Å². The summed E-state index contributed by atoms with van der Waals surface area (Å²) in [5.74, 6) is 0. The van der Waals surface area contributed by atoms with Gasteiger partial charge in [-0.3, -0.25) is 0 Å². The molecule has 0 bridgehead atoms. The Kier molecular flexibility index (Phi) is 5.27. The van der Waals surface area contributed by atoms with E-state index in [9.17, 15) is 0 Å². The Morgan fingerprint density at radius 1 is 1.36 bits per heavy atom. The van der Waals surface area contributed by atoms with Gasteiger partial charge in [0.05, 0.1) is 0 Å². The van der Waals surface area contributed by atoms with Gasteiger partial charge in [-0.25, -0.2) is 0 Å². The van der Waals surface area contributed by atoms with E-state index in [0.29, 0.717) is 5.41 Å². The molecule has 0 saturated carbocycles. The summed E-state index contributed by atoms with van der Waals surface area (Å²) in [5, 5.41) is 0. The van der Waals surface area contributed by atoms with Crippen LogP contribution in [0.2, 0.25) is 0 Å². The van der Waals surface area contributed by atoms with Gasteiger partial charge < -0.3 is 0 Å². The van der Waals surface area contributed by atoms with Gasteiger partial charge in [0.1, 0.15) is 0 Å². The van der Waals surface area contributed by atoms with E-state index in [0.717, 1.165) is 12.8 Å². The molecule has 0 spiro atoms. The number of rotatable bonds is 5. The van der Waals surface area contributed by atoms with Crippen LogP contribution in [-0.2, 0) is 0 Å². The zero-order chi connectivity index (χ0) is 8.74. The minimum Gasteiger partial charge on any atom is -0.0880 e. The van der Waals surface area contributed by atoms with Gasteiger partial charge in [-0.1, -0.05) is 46.3 Å². The second-order valence-electron chi connectivity index (χ2n) is 3.78. The van der Waals surface area contributed by atoms with Crippen molar-refractivity contribution in [2.75, 3.05) is 0 Å². The molecule has 0 aliphatic rings. The lowest BCUT2D eigenvalue weighted by molar-refractivity contribution is 0.431. The summed E-state index contributed by atoms with van der Waals surface area (Å²) in [7, 11) is 0. The maximum atomic E-state index is 3.80. The predicted octanol–water partition coefficient (Wildman–Crippen LogP) is 3.98. The molecule has 65 valence electrons. The molecule has 0 aliphatic heterocycles. The van der Waals surface area contributed by atoms with Gasteiger partial charge >= 0.3 is 0 Å². The quantitative estimate of drug-likeness (QED) is 0.524. The summed E-state index contributed by atoms with van der Waals surface area (Å²) in [6.45, 7) is 10.6. The third-order valence-electron chi connectivity index (χ3n) is 1.83. The molecule has 0 unspecified atom stereocenters. The molecule has 0 aromatic carbocycles. The Morgan fingerprint density at radius 3 is 2.45 bits per heavy atom. The van der Waals surface area contributed by atoms with Crippen LogP contribution in [0.25, 0.3) is 0 Å². The average Bonchev–Trinajstić information content (AvgIpc) is 1.87. The summed E-state index contributed by atoms with van der Waals surface area (Å²) in [5.41, 5.74) is 0.393. The highest BCUT2D eigenvalue weighted by Gasteiger charge is 2.10. The molecule has 0 N–H and O–H groups in total. The van der Waals surface area contributed by atoms with E-state index in [1.807, 2.05) is 0 Å². The fourth-order valence-corrected chi connectivity index (χ4v) is 1.25. The van der Waals surface area contributed by atoms with Crippen LogP contribution < -0.4 is 0 Å². The molecule has 0 aromatic heterocycles. The summed E-state index contributed by atoms with van der Waals surface area (Å²) < 4.78 is 0. The van der Waals surface area contributed by atoms with Crippen LogP contribution in [0.1, 0.15) is 46.5 Å². The second kappa shape index (κ2) is 5.40. The van der Waals surface area contributed by atoms with Crippen molar-refractivity contribution in [1.29, 1.82) is 0 Å². The van der Waals surface area contributed by atoms with E-state index in [2.05, 4.69) is 39.8 Å². The Hall–Kier alpha value is -0.260. The highest BCUT2D eigenvalue weighted by atomic mass is 14.2. The van der Waals surface area contributed by atoms with Gasteiger partial charge in [0.2, 0.25) is 0 Å². The SMILES string of the molecule is [CH2]CCC=CC(C)(C)CCC. The van der Waals surface area contributed by atoms with Crippen LogP contribution >= 0.6 is 0 Å². The molecule has 0 aromatic rings. The van der Waals surface area contributed by atoms with Crippen LogP contribution in [0.15, 0.2) is 12.2 Å². The molecular weight excluding hydrogens is 132 g/mol. The molecule has 0 heteroatoms. The van der Waals surface area contributed by atoms with Crippen molar-refractivity contribution in [1.82, 2.24) is 0 Å². The molecule has 11 heavy (non-hydrogen) atoms. The van der Waals surface area contributed by atoms with Gasteiger partial charge in [-0.15, -0.1) is 0 Å². The van der Waals surface area contributed by atoms with Crippen molar-refractivity contribution < 1.29 is 0 Å². The lowest BCUT2D eigenvalue weighted by Crippen LogP contribution is -2.05. The number of hydrogen-bond donors (Lipinski definition) is 0. The summed E-state index contributed by atoms with van der Waals surface area (Å²) >= 11 is 0. The van der Waals surface area contributed by atoms with Gasteiger partial charge in [-0.05, 0) is 24.7 Å². The highest BCUT2D eigenvalue weighted by molar-refractivity contribution is 4.94. The van der Waals surface area contributed by atoms with Crippen molar-refractivity contribution >= 4 is 0 Å². The Balaban J connectivity index is 3.69. The maximum Gasteiger partial charge on any atom is -0.0175 e. The molecule has 0 nitrogen and oxygen atoms in total. The molecule has 0 heterocycles. The Bertz CT molecular complexity index is 109. The van der Waals surface area contributed by atoms with Gasteiger partial charge in [0.15, 0.2) is 0 Å². The van der Waals surface area contributed by atoms with Gasteiger partial charge in [0.25, 0.3) is 0 Å². The topological polar surface area (TPSA) is 0 Å². The fraction of sp³-hybridized carbons (Fsp3) is 0.727. The maximum absolute atomic E-state index is 3.80. The second-order valence-corrected chi connectivity index (χ2v) is 3.78. The first-order valence-electron chi connectivity index (χ1n) is 4.59. The fourth-order valence-electron chi connectivity index (χ4n) is 1.25. The van der Waals surface area contributed by atoms with Crippen LogP contribution in [0, 0.1) is 12.3 Å². The monoisotopic (exact) mass is 153 g/mol. The summed E-state index contributed by atoms with van der Waals surface area (Å²) in [6.07, 6.45) is 9.25. The first kappa shape index (κ1) is 10.7. The molecular formula is C11H21. The first-order valence-corrected chi connectivity index (χ1v) is 4.59. The average molecular weight is 153 g/mol. The number of unbranched alkanes of at least 4 members (excludes halogenated alkanes) is 1. The largest absolute Gasteiger partial charge is 0.0880 e. The highest BCUT2D eigenvalue weighted by Crippen LogP contribution is 2.23. The van der Waals surface area contributed by atoms with Crippen molar-refractivity contribution in [3.8, 4) is 0 Å². The smallest absolute Gasteiger partial charge is 0.0175 e. The molecule has 0 atom stereocenters. The zero-order valence-electron chi connectivity index (χ0n) is 8.19. The predicted molar refractivity (Wildman–Crippen MR) is 52.4 cm³/mol. The van der Waals surface area contributed by atoms with E-state index in [1.165, 1.54) is 12.8 Å². The van der Waals surface area contributed by atoms with Crippen LogP contribution in [0.4, 0.5) is 0 Å². The lowest BCUT2D eigenvalue weighted by Gasteiger charge is -2.18. The van der Waals surface area contributed by atoms with E-state index in [4.69, 9.17) is 0 Å². The Morgan fingerprint density at radius 2 is 2.00 bits per heavy atom. The van der Waals surface area contributed by atoms with Crippen molar-refractivity contribution in [2.45, 2.75) is 46.5 Å². The van der Waals surface area contributed by atoms with E-state index in [-0.39, 0.29) is 0 Å².